The van der Waals surface area contributed by atoms with E-state index in [-0.39, 0.29) is 17.8 Å². The summed E-state index contributed by atoms with van der Waals surface area (Å²) in [5.41, 5.74) is 0. The first-order valence-corrected chi connectivity index (χ1v) is 20.9. The van der Waals surface area contributed by atoms with Gasteiger partial charge in [0.1, 0.15) is 9.28 Å². The predicted octanol–water partition coefficient (Wildman–Crippen LogP) is 4.58. The van der Waals surface area contributed by atoms with Crippen LogP contribution in [-0.2, 0) is 4.43 Å². The van der Waals surface area contributed by atoms with E-state index in [4.69, 9.17) is 4.43 Å². The second-order valence-electron chi connectivity index (χ2n) is 9.21. The highest BCUT2D eigenvalue weighted by Crippen LogP contribution is 2.33. The lowest BCUT2D eigenvalue weighted by Crippen LogP contribution is -2.45. The van der Waals surface area contributed by atoms with Crippen molar-refractivity contribution in [2.24, 2.45) is 0 Å². The molecule has 1 heterocycles. The van der Waals surface area contributed by atoms with Crippen LogP contribution in [0, 0.1) is 0 Å². The Hall–Kier alpha value is -2.77. The normalized spacial score (nSPS) is 18.6. The largest absolute Gasteiger partial charge is 0.428 e. The van der Waals surface area contributed by atoms with Crippen molar-refractivity contribution in [3.8, 4) is 0 Å². The smallest absolute Gasteiger partial charge is 0.141 e. The van der Waals surface area contributed by atoms with Gasteiger partial charge in [-0.05, 0) is 96.3 Å². The van der Waals surface area contributed by atoms with Gasteiger partial charge in [-0.3, -0.25) is 0 Å². The Morgan fingerprint density at radius 1 is 0.562 bits per heavy atom. The van der Waals surface area contributed by atoms with Gasteiger partial charge in [0, 0.05) is 15.2 Å². The van der Waals surface area contributed by atoms with Crippen LogP contribution in [0.1, 0.15) is 0 Å². The average molecular weight is 461 g/mol. The molecule has 1 aliphatic heterocycles. The van der Waals surface area contributed by atoms with Gasteiger partial charge in [-0.15, -0.1) is 0 Å². The van der Waals surface area contributed by atoms with E-state index in [0.717, 1.165) is 6.61 Å². The van der Waals surface area contributed by atoms with Crippen LogP contribution < -0.4 is 5.19 Å². The summed E-state index contributed by atoms with van der Waals surface area (Å²) in [6.07, 6.45) is 0. The zero-order valence-corrected chi connectivity index (χ0v) is 22.0. The van der Waals surface area contributed by atoms with Gasteiger partial charge in [-0.2, -0.15) is 0 Å². The number of rotatable bonds is 1. The Morgan fingerprint density at radius 3 is 1.94 bits per heavy atom. The molecule has 0 spiro atoms. The molecule has 1 atom stereocenters. The molecule has 1 saturated heterocycles. The first-order chi connectivity index (χ1) is 15.8. The van der Waals surface area contributed by atoms with E-state index in [1.165, 1.54) is 59.9 Å². The van der Waals surface area contributed by atoms with Crippen LogP contribution in [0.5, 0.6) is 0 Å². The zero-order valence-electron chi connectivity index (χ0n) is 18.0. The SMILES string of the molecule is c1ccc2cc3cc4c(ccc5cc6cccc([SiH]7CCO[SiH2][SiH2]7)c6cc54)cc3cc2c1. The summed E-state index contributed by atoms with van der Waals surface area (Å²) in [6, 6.07) is 36.1. The van der Waals surface area contributed by atoms with Crippen molar-refractivity contribution in [3.63, 3.8) is 0 Å². The highest BCUT2D eigenvalue weighted by atomic mass is 29.5. The van der Waals surface area contributed by atoms with Crippen LogP contribution >= 0.6 is 0 Å². The predicted molar refractivity (Wildman–Crippen MR) is 149 cm³/mol. The second kappa shape index (κ2) is 7.39. The van der Waals surface area contributed by atoms with Crippen LogP contribution in [0.4, 0.5) is 0 Å². The van der Waals surface area contributed by atoms with Crippen molar-refractivity contribution < 1.29 is 4.43 Å². The van der Waals surface area contributed by atoms with Crippen molar-refractivity contribution in [3.05, 3.63) is 91.0 Å². The topological polar surface area (TPSA) is 9.23 Å². The Kier molecular flexibility index (Phi) is 4.33. The van der Waals surface area contributed by atoms with E-state index in [2.05, 4.69) is 91.0 Å². The third-order valence-corrected chi connectivity index (χ3v) is 25.8. The lowest BCUT2D eigenvalue weighted by molar-refractivity contribution is 0.367. The highest BCUT2D eigenvalue weighted by Gasteiger charge is 2.20. The Bertz CT molecular complexity index is 1670. The van der Waals surface area contributed by atoms with E-state index in [1.807, 2.05) is 0 Å². The van der Waals surface area contributed by atoms with Crippen LogP contribution in [0.15, 0.2) is 91.0 Å². The van der Waals surface area contributed by atoms with Crippen molar-refractivity contribution >= 4 is 85.2 Å². The number of benzene rings is 6. The summed E-state index contributed by atoms with van der Waals surface area (Å²) in [4.78, 5) is 0. The summed E-state index contributed by atoms with van der Waals surface area (Å²) in [7, 11) is -0.883. The molecule has 7 rings (SSSR count). The summed E-state index contributed by atoms with van der Waals surface area (Å²) in [5, 5.41) is 15.4. The van der Waals surface area contributed by atoms with E-state index in [0.29, 0.717) is 0 Å². The molecule has 0 bridgehead atoms. The molecule has 1 fully saturated rings. The molecule has 0 radical (unpaired) electrons. The minimum Gasteiger partial charge on any atom is -0.428 e. The van der Waals surface area contributed by atoms with Gasteiger partial charge >= 0.3 is 0 Å². The zero-order chi connectivity index (χ0) is 21.1. The number of hydrogen-bond acceptors (Lipinski definition) is 1. The molecular formula is C28H24OSi3. The molecule has 0 N–H and O–H groups in total. The molecule has 32 heavy (non-hydrogen) atoms. The van der Waals surface area contributed by atoms with Gasteiger partial charge in [0.25, 0.3) is 0 Å². The molecule has 154 valence electrons. The molecule has 0 saturated carbocycles. The molecular weight excluding hydrogens is 437 g/mol. The summed E-state index contributed by atoms with van der Waals surface area (Å²) < 4.78 is 5.87. The number of fused-ring (bicyclic) bond motifs is 6. The molecule has 6 aromatic carbocycles. The third-order valence-electron chi connectivity index (χ3n) is 7.35. The molecule has 4 heteroatoms. The van der Waals surface area contributed by atoms with Crippen LogP contribution in [0.2, 0.25) is 6.04 Å². The van der Waals surface area contributed by atoms with Gasteiger partial charge in [-0.1, -0.05) is 59.8 Å². The summed E-state index contributed by atoms with van der Waals surface area (Å²) in [5.74, 6) is 0. The summed E-state index contributed by atoms with van der Waals surface area (Å²) >= 11 is 0. The van der Waals surface area contributed by atoms with Gasteiger partial charge in [-0.25, -0.2) is 0 Å². The quantitative estimate of drug-likeness (QED) is 0.198. The molecule has 1 nitrogen and oxygen atoms in total. The van der Waals surface area contributed by atoms with E-state index in [1.54, 1.807) is 5.19 Å². The van der Waals surface area contributed by atoms with E-state index < -0.39 is 8.31 Å². The molecule has 1 aliphatic rings. The van der Waals surface area contributed by atoms with E-state index >= 15 is 0 Å². The van der Waals surface area contributed by atoms with Gasteiger partial charge in [0.15, 0.2) is 0 Å². The standard InChI is InChI=1S/C28H24OSi3/c1-2-5-19-13-24-16-25-22(15-23(24)12-18(19)4-1)9-8-21-14-20-6-3-7-28(27(20)17-26(21)25)32-11-10-29-30-31-32/h1-9,12-17,32H,10-11,30-31H2. The molecule has 6 aromatic rings. The minimum atomic E-state index is -0.770. The molecule has 0 aromatic heterocycles. The fourth-order valence-electron chi connectivity index (χ4n) is 5.66. The fraction of sp³-hybridized carbons (Fsp3) is 0.0714. The second-order valence-corrected chi connectivity index (χ2v) is 24.3. The minimum absolute atomic E-state index is 0.0509. The lowest BCUT2D eigenvalue weighted by Gasteiger charge is -2.22. The maximum Gasteiger partial charge on any atom is 0.141 e. The Balaban J connectivity index is 1.53. The average Bonchev–Trinajstić information content (AvgIpc) is 2.85. The Labute approximate surface area is 193 Å². The third kappa shape index (κ3) is 2.98. The maximum atomic E-state index is 5.87. The van der Waals surface area contributed by atoms with Crippen molar-refractivity contribution in [1.29, 1.82) is 0 Å². The first kappa shape index (κ1) is 18.8. The molecule has 0 aliphatic carbocycles. The van der Waals surface area contributed by atoms with E-state index in [9.17, 15) is 0 Å². The Morgan fingerprint density at radius 2 is 1.19 bits per heavy atom. The van der Waals surface area contributed by atoms with Gasteiger partial charge in [0.2, 0.25) is 0 Å². The van der Waals surface area contributed by atoms with Crippen LogP contribution in [0.25, 0.3) is 53.9 Å². The van der Waals surface area contributed by atoms with Crippen LogP contribution in [-0.4, -0.2) is 32.8 Å². The molecule has 1 unspecified atom stereocenters. The van der Waals surface area contributed by atoms with Crippen LogP contribution in [0.3, 0.4) is 0 Å². The van der Waals surface area contributed by atoms with Crippen molar-refractivity contribution in [2.45, 2.75) is 6.04 Å². The van der Waals surface area contributed by atoms with Gasteiger partial charge < -0.3 is 4.43 Å². The first-order valence-electron chi connectivity index (χ1n) is 11.6. The number of hydrogen-bond donors (Lipinski definition) is 0. The highest BCUT2D eigenvalue weighted by molar-refractivity contribution is 7.39. The van der Waals surface area contributed by atoms with Gasteiger partial charge in [0.05, 0.1) is 8.31 Å². The lowest BCUT2D eigenvalue weighted by atomic mass is 9.95. The maximum absolute atomic E-state index is 5.87. The van der Waals surface area contributed by atoms with Crippen molar-refractivity contribution in [1.82, 2.24) is 0 Å². The monoisotopic (exact) mass is 460 g/mol. The summed E-state index contributed by atoms with van der Waals surface area (Å²) in [6.45, 7) is 1.03. The fourth-order valence-corrected chi connectivity index (χ4v) is 24.0. The molecule has 0 amide bonds. The van der Waals surface area contributed by atoms with Crippen molar-refractivity contribution in [2.75, 3.05) is 6.61 Å².